The molecule has 138 valence electrons. The largest absolute Gasteiger partial charge is 0.462 e. The molecule has 2 aromatic rings. The Kier molecular flexibility index (Phi) is 6.96. The van der Waals surface area contributed by atoms with Crippen molar-refractivity contribution in [3.63, 3.8) is 0 Å². The molecule has 0 N–H and O–H groups in total. The van der Waals surface area contributed by atoms with Crippen molar-refractivity contribution in [2.75, 3.05) is 6.61 Å². The summed E-state index contributed by atoms with van der Waals surface area (Å²) in [5.74, 6) is -0.503. The molecule has 0 aliphatic heterocycles. The van der Waals surface area contributed by atoms with Gasteiger partial charge in [-0.2, -0.15) is 0 Å². The SMILES string of the molecule is CC(CCCOC(=O)c1ccccc1)C(C)(C)OC(=O)c1ccccc1. The van der Waals surface area contributed by atoms with Crippen LogP contribution in [0.1, 0.15) is 54.3 Å². The van der Waals surface area contributed by atoms with E-state index in [0.29, 0.717) is 24.2 Å². The Morgan fingerprint density at radius 3 is 1.92 bits per heavy atom. The van der Waals surface area contributed by atoms with Crippen molar-refractivity contribution >= 4 is 11.9 Å². The Labute approximate surface area is 155 Å². The lowest BCUT2D eigenvalue weighted by Gasteiger charge is -2.31. The minimum Gasteiger partial charge on any atom is -0.462 e. The van der Waals surface area contributed by atoms with E-state index in [4.69, 9.17) is 9.47 Å². The fourth-order valence-electron chi connectivity index (χ4n) is 2.53. The molecule has 0 radical (unpaired) electrons. The first-order valence-corrected chi connectivity index (χ1v) is 8.90. The first-order chi connectivity index (χ1) is 12.4. The van der Waals surface area contributed by atoms with Crippen molar-refractivity contribution in [2.45, 2.75) is 39.2 Å². The van der Waals surface area contributed by atoms with Crippen LogP contribution in [-0.4, -0.2) is 24.1 Å². The Hall–Kier alpha value is -2.62. The molecule has 0 aliphatic carbocycles. The quantitative estimate of drug-likeness (QED) is 0.500. The predicted molar refractivity (Wildman–Crippen MR) is 101 cm³/mol. The maximum atomic E-state index is 12.2. The zero-order chi connectivity index (χ0) is 19.0. The van der Waals surface area contributed by atoms with E-state index in [1.165, 1.54) is 0 Å². The minimum absolute atomic E-state index is 0.130. The molecular weight excluding hydrogens is 328 g/mol. The van der Waals surface area contributed by atoms with E-state index >= 15 is 0 Å². The third-order valence-corrected chi connectivity index (χ3v) is 4.58. The molecule has 1 unspecified atom stereocenters. The summed E-state index contributed by atoms with van der Waals surface area (Å²) in [7, 11) is 0. The summed E-state index contributed by atoms with van der Waals surface area (Å²) < 4.78 is 11.0. The van der Waals surface area contributed by atoms with Crippen molar-refractivity contribution in [1.29, 1.82) is 0 Å². The standard InChI is InChI=1S/C22H26O4/c1-17(11-10-16-25-20(23)18-12-6-4-7-13-18)22(2,3)26-21(24)19-14-8-5-9-15-19/h4-9,12-15,17H,10-11,16H2,1-3H3. The van der Waals surface area contributed by atoms with Crippen LogP contribution in [0.15, 0.2) is 60.7 Å². The molecule has 0 spiro atoms. The first kappa shape index (κ1) is 19.7. The average molecular weight is 354 g/mol. The highest BCUT2D eigenvalue weighted by molar-refractivity contribution is 5.89. The van der Waals surface area contributed by atoms with E-state index in [1.54, 1.807) is 24.3 Å². The monoisotopic (exact) mass is 354 g/mol. The van der Waals surface area contributed by atoms with E-state index in [9.17, 15) is 9.59 Å². The van der Waals surface area contributed by atoms with Gasteiger partial charge in [0.15, 0.2) is 0 Å². The fourth-order valence-corrected chi connectivity index (χ4v) is 2.53. The highest BCUT2D eigenvalue weighted by atomic mass is 16.6. The number of carbonyl (C=O) groups is 2. The summed E-state index contributed by atoms with van der Waals surface area (Å²) in [5, 5.41) is 0. The average Bonchev–Trinajstić information content (AvgIpc) is 2.65. The molecule has 4 heteroatoms. The molecule has 0 saturated carbocycles. The van der Waals surface area contributed by atoms with Crippen LogP contribution >= 0.6 is 0 Å². The van der Waals surface area contributed by atoms with Gasteiger partial charge in [-0.1, -0.05) is 43.3 Å². The number of esters is 2. The van der Waals surface area contributed by atoms with Gasteiger partial charge in [0.2, 0.25) is 0 Å². The Morgan fingerprint density at radius 1 is 0.885 bits per heavy atom. The van der Waals surface area contributed by atoms with Gasteiger partial charge in [-0.3, -0.25) is 0 Å². The molecule has 2 aromatic carbocycles. The van der Waals surface area contributed by atoms with Crippen LogP contribution in [-0.2, 0) is 9.47 Å². The van der Waals surface area contributed by atoms with E-state index in [2.05, 4.69) is 0 Å². The van der Waals surface area contributed by atoms with Crippen molar-refractivity contribution < 1.29 is 19.1 Å². The van der Waals surface area contributed by atoms with Crippen LogP contribution < -0.4 is 0 Å². The number of hydrogen-bond donors (Lipinski definition) is 0. The van der Waals surface area contributed by atoms with Gasteiger partial charge in [0, 0.05) is 0 Å². The second kappa shape index (κ2) is 9.18. The van der Waals surface area contributed by atoms with Crippen molar-refractivity contribution in [2.24, 2.45) is 5.92 Å². The summed E-state index contributed by atoms with van der Waals surface area (Å²) in [6.07, 6.45) is 1.50. The summed E-state index contributed by atoms with van der Waals surface area (Å²) in [6.45, 7) is 6.21. The molecule has 0 aliphatic rings. The lowest BCUT2D eigenvalue weighted by atomic mass is 9.88. The topological polar surface area (TPSA) is 52.6 Å². The molecule has 2 rings (SSSR count). The zero-order valence-electron chi connectivity index (χ0n) is 15.6. The van der Waals surface area contributed by atoms with Crippen molar-refractivity contribution in [3.8, 4) is 0 Å². The van der Waals surface area contributed by atoms with Gasteiger partial charge < -0.3 is 9.47 Å². The van der Waals surface area contributed by atoms with Gasteiger partial charge in [-0.15, -0.1) is 0 Å². The van der Waals surface area contributed by atoms with Gasteiger partial charge >= 0.3 is 11.9 Å². The highest BCUT2D eigenvalue weighted by Gasteiger charge is 2.30. The summed E-state index contributed by atoms with van der Waals surface area (Å²) in [6, 6.07) is 17.9. The summed E-state index contributed by atoms with van der Waals surface area (Å²) in [5.41, 5.74) is 0.498. The van der Waals surface area contributed by atoms with Crippen LogP contribution in [0.4, 0.5) is 0 Å². The van der Waals surface area contributed by atoms with E-state index in [-0.39, 0.29) is 17.9 Å². The predicted octanol–water partition coefficient (Wildman–Crippen LogP) is 4.90. The van der Waals surface area contributed by atoms with Gasteiger partial charge in [0.25, 0.3) is 0 Å². The molecule has 0 amide bonds. The molecule has 4 nitrogen and oxygen atoms in total. The summed E-state index contributed by atoms with van der Waals surface area (Å²) >= 11 is 0. The van der Waals surface area contributed by atoms with Gasteiger partial charge in [0.05, 0.1) is 17.7 Å². The normalized spacial score (nSPS) is 12.3. The molecule has 0 bridgehead atoms. The van der Waals surface area contributed by atoms with E-state index in [1.807, 2.05) is 57.2 Å². The van der Waals surface area contributed by atoms with E-state index < -0.39 is 5.60 Å². The number of carbonyl (C=O) groups excluding carboxylic acids is 2. The maximum absolute atomic E-state index is 12.2. The Morgan fingerprint density at radius 2 is 1.38 bits per heavy atom. The minimum atomic E-state index is -0.601. The van der Waals surface area contributed by atoms with Crippen molar-refractivity contribution in [1.82, 2.24) is 0 Å². The summed E-state index contributed by atoms with van der Waals surface area (Å²) in [4.78, 5) is 24.1. The number of rotatable bonds is 8. The molecule has 1 atom stereocenters. The first-order valence-electron chi connectivity index (χ1n) is 8.90. The Balaban J connectivity index is 1.76. The number of ether oxygens (including phenoxy) is 2. The third-order valence-electron chi connectivity index (χ3n) is 4.58. The zero-order valence-corrected chi connectivity index (χ0v) is 15.6. The Bertz CT molecular complexity index is 707. The lowest BCUT2D eigenvalue weighted by Crippen LogP contribution is -2.35. The number of benzene rings is 2. The van der Waals surface area contributed by atoms with E-state index in [0.717, 1.165) is 6.42 Å². The molecule has 0 aromatic heterocycles. The van der Waals surface area contributed by atoms with Crippen molar-refractivity contribution in [3.05, 3.63) is 71.8 Å². The van der Waals surface area contributed by atoms with Gasteiger partial charge in [-0.25, -0.2) is 9.59 Å². The molecule has 0 heterocycles. The molecular formula is C22H26O4. The smallest absolute Gasteiger partial charge is 0.338 e. The van der Waals surface area contributed by atoms with Gasteiger partial charge in [0.1, 0.15) is 5.60 Å². The molecule has 0 fully saturated rings. The maximum Gasteiger partial charge on any atom is 0.338 e. The fraction of sp³-hybridized carbons (Fsp3) is 0.364. The van der Waals surface area contributed by atoms with Crippen LogP contribution in [0, 0.1) is 5.92 Å². The highest BCUT2D eigenvalue weighted by Crippen LogP contribution is 2.26. The van der Waals surface area contributed by atoms with Crippen LogP contribution in [0.5, 0.6) is 0 Å². The molecule has 26 heavy (non-hydrogen) atoms. The van der Waals surface area contributed by atoms with Crippen LogP contribution in [0.2, 0.25) is 0 Å². The third kappa shape index (κ3) is 5.73. The molecule has 0 saturated heterocycles. The second-order valence-electron chi connectivity index (χ2n) is 6.90. The van der Waals surface area contributed by atoms with Crippen LogP contribution in [0.25, 0.3) is 0 Å². The van der Waals surface area contributed by atoms with Gasteiger partial charge in [-0.05, 0) is 56.9 Å². The second-order valence-corrected chi connectivity index (χ2v) is 6.90. The lowest BCUT2D eigenvalue weighted by molar-refractivity contribution is -0.0290. The van der Waals surface area contributed by atoms with Crippen LogP contribution in [0.3, 0.4) is 0 Å². The number of hydrogen-bond acceptors (Lipinski definition) is 4.